The Kier molecular flexibility index (Phi) is 6.17. The van der Waals surface area contributed by atoms with Gasteiger partial charge in [-0.2, -0.15) is 0 Å². The molecule has 0 radical (unpaired) electrons. The number of halogens is 1. The Hall–Kier alpha value is -2.33. The van der Waals surface area contributed by atoms with Crippen molar-refractivity contribution in [3.8, 4) is 0 Å². The first-order valence-electron chi connectivity index (χ1n) is 8.76. The maximum absolute atomic E-state index is 13.4. The maximum Gasteiger partial charge on any atom is 0.181 e. The summed E-state index contributed by atoms with van der Waals surface area (Å²) in [6.07, 6.45) is 3.07. The summed E-state index contributed by atoms with van der Waals surface area (Å²) >= 11 is 0. The van der Waals surface area contributed by atoms with Crippen LogP contribution in [0.15, 0.2) is 32.2 Å². The normalized spacial score (nSPS) is 16.5. The molecule has 2 aromatic rings. The third-order valence-corrected chi connectivity index (χ3v) is 6.85. The number of hydrogen-bond donors (Lipinski definition) is 2. The average molecular weight is 395 g/mol. The summed E-state index contributed by atoms with van der Waals surface area (Å²) in [5, 5.41) is 17.1. The van der Waals surface area contributed by atoms with Gasteiger partial charge >= 0.3 is 0 Å². The molecule has 0 amide bonds. The number of nitrogens with zero attached hydrogens (tertiary/aromatic N) is 4. The number of aromatic nitrogens is 2. The van der Waals surface area contributed by atoms with E-state index in [1.807, 2.05) is 5.48 Å². The molecule has 10 heteroatoms. The van der Waals surface area contributed by atoms with Crippen LogP contribution < -0.4 is 5.48 Å². The number of aliphatic imine (C=N–C) groups is 1. The number of amidine groups is 1. The molecule has 2 heterocycles. The molecule has 27 heavy (non-hydrogen) atoms. The van der Waals surface area contributed by atoms with Gasteiger partial charge in [0.25, 0.3) is 0 Å². The van der Waals surface area contributed by atoms with Crippen LogP contribution in [0.4, 0.5) is 10.1 Å². The van der Waals surface area contributed by atoms with E-state index in [0.29, 0.717) is 47.8 Å². The van der Waals surface area contributed by atoms with E-state index >= 15 is 0 Å². The molecule has 0 atom stereocenters. The highest BCUT2D eigenvalue weighted by atomic mass is 32.2. The lowest BCUT2D eigenvalue weighted by Gasteiger charge is -2.04. The third-order valence-electron chi connectivity index (χ3n) is 4.34. The van der Waals surface area contributed by atoms with Crippen molar-refractivity contribution >= 4 is 21.3 Å². The fourth-order valence-electron chi connectivity index (χ4n) is 2.87. The zero-order valence-corrected chi connectivity index (χ0v) is 15.8. The Labute approximate surface area is 157 Å². The lowest BCUT2D eigenvalue weighted by atomic mass is 10.2. The average Bonchev–Trinajstić information content (AvgIpc) is 3.29. The molecule has 8 nitrogen and oxygen atoms in total. The summed E-state index contributed by atoms with van der Waals surface area (Å²) in [5.41, 5.74) is 3.66. The monoisotopic (exact) mass is 395 g/mol. The van der Waals surface area contributed by atoms with Gasteiger partial charge in [-0.25, -0.2) is 22.6 Å². The van der Waals surface area contributed by atoms with Crippen LogP contribution in [-0.2, 0) is 16.1 Å². The molecule has 1 aliphatic heterocycles. The topological polar surface area (TPSA) is 113 Å². The van der Waals surface area contributed by atoms with E-state index in [1.54, 1.807) is 13.0 Å². The van der Waals surface area contributed by atoms with Gasteiger partial charge in [0.15, 0.2) is 11.5 Å². The van der Waals surface area contributed by atoms with Crippen LogP contribution in [-0.4, -0.2) is 43.6 Å². The van der Waals surface area contributed by atoms with E-state index in [9.17, 15) is 13.8 Å². The minimum absolute atomic E-state index is 0.0518. The predicted octanol–water partition coefficient (Wildman–Crippen LogP) is 2.77. The fraction of sp³-hybridized carbons (Fsp3) is 0.471. The lowest BCUT2D eigenvalue weighted by molar-refractivity contribution is 0.234. The summed E-state index contributed by atoms with van der Waals surface area (Å²) in [4.78, 5) is 4.24. The summed E-state index contributed by atoms with van der Waals surface area (Å²) in [6, 6.07) is 4.34. The van der Waals surface area contributed by atoms with Crippen LogP contribution in [0.2, 0.25) is 0 Å². The Balaban J connectivity index is 1.71. The Bertz CT molecular complexity index is 938. The first-order valence-corrected chi connectivity index (χ1v) is 10.6. The number of benzene rings is 1. The zero-order valence-electron chi connectivity index (χ0n) is 15.0. The molecule has 1 aliphatic rings. The molecule has 1 fully saturated rings. The second kappa shape index (κ2) is 8.57. The fourth-order valence-corrected chi connectivity index (χ4v) is 5.11. The van der Waals surface area contributed by atoms with Crippen LogP contribution in [0, 0.1) is 12.7 Å². The van der Waals surface area contributed by atoms with E-state index in [0.717, 1.165) is 12.8 Å². The van der Waals surface area contributed by atoms with Gasteiger partial charge in [0, 0.05) is 27.8 Å². The number of hydrogen-bond acceptors (Lipinski definition) is 7. The van der Waals surface area contributed by atoms with Crippen molar-refractivity contribution in [1.82, 2.24) is 15.8 Å². The third kappa shape index (κ3) is 4.89. The molecule has 1 saturated heterocycles. The molecule has 1 aromatic carbocycles. The molecule has 0 unspecified atom stereocenters. The predicted molar refractivity (Wildman–Crippen MR) is 99.3 cm³/mol. The highest BCUT2D eigenvalue weighted by molar-refractivity contribution is 7.93. The van der Waals surface area contributed by atoms with Crippen molar-refractivity contribution in [2.24, 2.45) is 9.36 Å². The molecule has 2 N–H and O–H groups in total. The van der Waals surface area contributed by atoms with Gasteiger partial charge in [0.05, 0.1) is 5.69 Å². The Morgan fingerprint density at radius 1 is 1.37 bits per heavy atom. The number of hydroxylamine groups is 1. The minimum atomic E-state index is -2.02. The Morgan fingerprint density at radius 2 is 2.15 bits per heavy atom. The van der Waals surface area contributed by atoms with Gasteiger partial charge in [-0.3, -0.25) is 10.7 Å². The molecule has 3 rings (SSSR count). The quantitative estimate of drug-likeness (QED) is 0.337. The zero-order chi connectivity index (χ0) is 19.3. The Morgan fingerprint density at radius 3 is 2.85 bits per heavy atom. The second-order valence-corrected chi connectivity index (χ2v) is 9.03. The van der Waals surface area contributed by atoms with Crippen LogP contribution >= 0.6 is 0 Å². The smallest absolute Gasteiger partial charge is 0.181 e. The van der Waals surface area contributed by atoms with Gasteiger partial charge in [-0.15, -0.1) is 0 Å². The first-order chi connectivity index (χ1) is 13.0. The molecular weight excluding hydrogens is 373 g/mol. The van der Waals surface area contributed by atoms with Crippen LogP contribution in [0.1, 0.15) is 36.2 Å². The van der Waals surface area contributed by atoms with E-state index in [2.05, 4.69) is 19.7 Å². The molecule has 0 bridgehead atoms. The number of rotatable bonds is 6. The minimum Gasteiger partial charge on any atom is -0.290 e. The highest BCUT2D eigenvalue weighted by Crippen LogP contribution is 2.19. The van der Waals surface area contributed by atoms with Crippen LogP contribution in [0.3, 0.4) is 0 Å². The summed E-state index contributed by atoms with van der Waals surface area (Å²) in [5.74, 6) is 1.09. The summed E-state index contributed by atoms with van der Waals surface area (Å²) in [6.45, 7) is 2.10. The molecule has 0 spiro atoms. The largest absolute Gasteiger partial charge is 0.290 e. The molecule has 0 aliphatic carbocycles. The maximum atomic E-state index is 13.4. The second-order valence-electron chi connectivity index (χ2n) is 6.41. The van der Waals surface area contributed by atoms with E-state index in [4.69, 9.17) is 4.63 Å². The van der Waals surface area contributed by atoms with Gasteiger partial charge in [0.1, 0.15) is 11.5 Å². The lowest BCUT2D eigenvalue weighted by Crippen LogP contribution is -2.22. The van der Waals surface area contributed by atoms with Crippen molar-refractivity contribution < 1.29 is 18.4 Å². The molecular formula is C17H22FN5O3S. The van der Waals surface area contributed by atoms with Crippen LogP contribution in [0.5, 0.6) is 0 Å². The van der Waals surface area contributed by atoms with Crippen LogP contribution in [0.25, 0.3) is 0 Å². The molecule has 146 valence electrons. The van der Waals surface area contributed by atoms with Crippen molar-refractivity contribution in [2.75, 3.05) is 18.1 Å². The summed E-state index contributed by atoms with van der Waals surface area (Å²) < 4.78 is 34.8. The number of nitrogens with one attached hydrogen (secondary N) is 1. The van der Waals surface area contributed by atoms with E-state index in [-0.39, 0.29) is 17.3 Å². The van der Waals surface area contributed by atoms with Gasteiger partial charge in [-0.1, -0.05) is 5.16 Å². The summed E-state index contributed by atoms with van der Waals surface area (Å²) in [7, 11) is -2.02. The first kappa shape index (κ1) is 19.4. The van der Waals surface area contributed by atoms with Gasteiger partial charge in [0.2, 0.25) is 0 Å². The number of aryl methyl sites for hydroxylation is 2. The highest BCUT2D eigenvalue weighted by Gasteiger charge is 2.18. The van der Waals surface area contributed by atoms with Crippen molar-refractivity contribution in [2.45, 2.75) is 32.6 Å². The van der Waals surface area contributed by atoms with E-state index in [1.165, 1.54) is 12.1 Å². The van der Waals surface area contributed by atoms with Crippen molar-refractivity contribution in [3.05, 3.63) is 41.0 Å². The van der Waals surface area contributed by atoms with E-state index < -0.39 is 9.73 Å². The van der Waals surface area contributed by atoms with Crippen molar-refractivity contribution in [3.63, 3.8) is 0 Å². The standard InChI is InChI=1S/C17H22FN5O3S/c1-12-11-13(6-7-14(12)18)20-17(21-24)16-15(22-26-23-16)5-4-8-19-27(25)9-2-3-10-27/h6-7,11,24H,2-5,8-10H2,1H3,(H,20,21). The van der Waals surface area contributed by atoms with Crippen molar-refractivity contribution in [1.29, 1.82) is 0 Å². The van der Waals surface area contributed by atoms with Gasteiger partial charge < -0.3 is 0 Å². The SMILES string of the molecule is Cc1cc(N=C(NO)c2nonc2CCCN=S2(=O)CCCC2)ccc1F. The molecule has 0 saturated carbocycles. The molecule has 1 aromatic heterocycles. The van der Waals surface area contributed by atoms with Gasteiger partial charge in [-0.05, 0) is 61.5 Å².